The third-order valence-corrected chi connectivity index (χ3v) is 5.73. The van der Waals surface area contributed by atoms with Crippen molar-refractivity contribution >= 4 is 11.8 Å². The van der Waals surface area contributed by atoms with E-state index in [0.29, 0.717) is 5.56 Å². The fraction of sp³-hybridized carbons (Fsp3) is 0.417. The Bertz CT molecular complexity index is 970. The largest absolute Gasteiger partial charge is 0.391 e. The molecule has 2 aromatic carbocycles. The number of nitrogens with one attached hydrogen (secondary N) is 2. The van der Waals surface area contributed by atoms with Gasteiger partial charge in [0.15, 0.2) is 0 Å². The van der Waals surface area contributed by atoms with Crippen LogP contribution in [-0.4, -0.2) is 76.8 Å². The summed E-state index contributed by atoms with van der Waals surface area (Å²) in [7, 11) is 0. The standard InChI is InChI=1S/C24H29N3O7/c1-14(28)27-21-19(29)11-18(12-26-33)34-23(21)22(31)20(30)13-25-24(32)17-9-7-16(8-10-17)15-5-3-2-4-6-15/h2-10,18-23,29-31H,11-13H2,1H3,(H,25,32)(H,27,28). The van der Waals surface area contributed by atoms with E-state index in [0.717, 1.165) is 11.1 Å². The fourth-order valence-corrected chi connectivity index (χ4v) is 3.99. The highest BCUT2D eigenvalue weighted by Gasteiger charge is 2.44. The summed E-state index contributed by atoms with van der Waals surface area (Å²) in [4.78, 5) is 34.7. The summed E-state index contributed by atoms with van der Waals surface area (Å²) in [6.45, 7) is 0.688. The molecule has 1 aliphatic heterocycles. The van der Waals surface area contributed by atoms with Crippen LogP contribution in [0.1, 0.15) is 23.7 Å². The van der Waals surface area contributed by atoms with E-state index in [-0.39, 0.29) is 19.5 Å². The van der Waals surface area contributed by atoms with Crippen molar-refractivity contribution in [3.8, 4) is 11.1 Å². The predicted molar refractivity (Wildman–Crippen MR) is 124 cm³/mol. The summed E-state index contributed by atoms with van der Waals surface area (Å²) in [6.07, 6.45) is -6.11. The average Bonchev–Trinajstić information content (AvgIpc) is 2.84. The highest BCUT2D eigenvalue weighted by molar-refractivity contribution is 5.94. The molecule has 0 saturated carbocycles. The molecule has 5 N–H and O–H groups in total. The van der Waals surface area contributed by atoms with Crippen molar-refractivity contribution in [3.05, 3.63) is 65.1 Å². The molecule has 6 unspecified atom stereocenters. The maximum Gasteiger partial charge on any atom is 0.251 e. The van der Waals surface area contributed by atoms with Crippen molar-refractivity contribution in [2.75, 3.05) is 13.1 Å². The Morgan fingerprint density at radius 3 is 2.35 bits per heavy atom. The zero-order valence-corrected chi connectivity index (χ0v) is 18.7. The SMILES string of the molecule is CC(=O)NC1C(O)CC(CN=O)OC1C(O)C(O)CNC(=O)c1ccc(-c2ccccc2)cc1. The number of amides is 2. The van der Waals surface area contributed by atoms with Crippen LogP contribution in [0, 0.1) is 4.91 Å². The molecule has 1 fully saturated rings. The second-order valence-electron chi connectivity index (χ2n) is 8.28. The number of carbonyl (C=O) groups is 2. The van der Waals surface area contributed by atoms with Gasteiger partial charge in [-0.05, 0) is 23.3 Å². The molecule has 34 heavy (non-hydrogen) atoms. The van der Waals surface area contributed by atoms with Gasteiger partial charge in [-0.25, -0.2) is 0 Å². The minimum Gasteiger partial charge on any atom is -0.391 e. The zero-order chi connectivity index (χ0) is 24.7. The lowest BCUT2D eigenvalue weighted by molar-refractivity contribution is -0.174. The lowest BCUT2D eigenvalue weighted by Gasteiger charge is -2.42. The topological polar surface area (TPSA) is 158 Å². The van der Waals surface area contributed by atoms with Gasteiger partial charge in [-0.15, -0.1) is 0 Å². The molecule has 0 aliphatic carbocycles. The number of ether oxygens (including phenoxy) is 1. The molecule has 0 radical (unpaired) electrons. The van der Waals surface area contributed by atoms with Gasteiger partial charge >= 0.3 is 0 Å². The molecule has 2 aromatic rings. The molecule has 0 spiro atoms. The van der Waals surface area contributed by atoms with Gasteiger partial charge in [0, 0.05) is 25.5 Å². The minimum atomic E-state index is -1.57. The third-order valence-electron chi connectivity index (χ3n) is 5.73. The lowest BCUT2D eigenvalue weighted by atomic mass is 9.90. The number of carbonyl (C=O) groups excluding carboxylic acids is 2. The predicted octanol–water partition coefficient (Wildman–Crippen LogP) is 0.595. The first-order chi connectivity index (χ1) is 16.3. The average molecular weight is 472 g/mol. The molecule has 10 heteroatoms. The molecule has 1 heterocycles. The van der Waals surface area contributed by atoms with Crippen molar-refractivity contribution in [2.24, 2.45) is 5.18 Å². The summed E-state index contributed by atoms with van der Waals surface area (Å²) >= 11 is 0. The summed E-state index contributed by atoms with van der Waals surface area (Å²) in [5.41, 5.74) is 2.34. The molecular weight excluding hydrogens is 442 g/mol. The van der Waals surface area contributed by atoms with Crippen LogP contribution < -0.4 is 10.6 Å². The first kappa shape index (κ1) is 25.4. The molecule has 1 saturated heterocycles. The maximum atomic E-state index is 12.5. The van der Waals surface area contributed by atoms with Gasteiger partial charge in [-0.2, -0.15) is 4.91 Å². The van der Waals surface area contributed by atoms with Gasteiger partial charge in [0.2, 0.25) is 5.91 Å². The van der Waals surface area contributed by atoms with Crippen LogP contribution in [0.15, 0.2) is 59.8 Å². The van der Waals surface area contributed by atoms with E-state index < -0.39 is 48.4 Å². The van der Waals surface area contributed by atoms with Crippen molar-refractivity contribution in [2.45, 2.75) is 49.9 Å². The van der Waals surface area contributed by atoms with E-state index in [2.05, 4.69) is 15.8 Å². The molecule has 0 bridgehead atoms. The molecule has 0 aromatic heterocycles. The van der Waals surface area contributed by atoms with E-state index >= 15 is 0 Å². The smallest absolute Gasteiger partial charge is 0.251 e. The first-order valence-electron chi connectivity index (χ1n) is 11.0. The monoisotopic (exact) mass is 471 g/mol. The quantitative estimate of drug-likeness (QED) is 0.335. The number of benzene rings is 2. The van der Waals surface area contributed by atoms with Crippen LogP contribution in [-0.2, 0) is 9.53 Å². The van der Waals surface area contributed by atoms with Crippen LogP contribution in [0.25, 0.3) is 11.1 Å². The van der Waals surface area contributed by atoms with Gasteiger partial charge in [0.25, 0.3) is 5.91 Å². The van der Waals surface area contributed by atoms with E-state index in [1.807, 2.05) is 42.5 Å². The van der Waals surface area contributed by atoms with Crippen molar-refractivity contribution < 1.29 is 29.6 Å². The van der Waals surface area contributed by atoms with E-state index in [1.54, 1.807) is 12.1 Å². The Labute approximate surface area is 196 Å². The molecule has 2 amide bonds. The normalized spacial score (nSPS) is 24.0. The number of aliphatic hydroxyl groups is 3. The number of aliphatic hydroxyl groups excluding tert-OH is 3. The Morgan fingerprint density at radius 2 is 1.74 bits per heavy atom. The molecule has 182 valence electrons. The summed E-state index contributed by atoms with van der Waals surface area (Å²) < 4.78 is 5.65. The van der Waals surface area contributed by atoms with Crippen LogP contribution in [0.3, 0.4) is 0 Å². The van der Waals surface area contributed by atoms with Crippen molar-refractivity contribution in [1.82, 2.24) is 10.6 Å². The lowest BCUT2D eigenvalue weighted by Crippen LogP contribution is -2.63. The van der Waals surface area contributed by atoms with Gasteiger partial charge < -0.3 is 30.7 Å². The molecule has 1 aliphatic rings. The number of nitrogens with zero attached hydrogens (tertiary/aromatic N) is 1. The molecule has 6 atom stereocenters. The number of rotatable bonds is 9. The summed E-state index contributed by atoms with van der Waals surface area (Å²) in [5, 5.41) is 39.4. The highest BCUT2D eigenvalue weighted by Crippen LogP contribution is 2.25. The van der Waals surface area contributed by atoms with Crippen molar-refractivity contribution in [3.63, 3.8) is 0 Å². The van der Waals surface area contributed by atoms with Crippen LogP contribution in [0.2, 0.25) is 0 Å². The number of hydrogen-bond donors (Lipinski definition) is 5. The Morgan fingerprint density at radius 1 is 1.09 bits per heavy atom. The Balaban J connectivity index is 1.61. The molecule has 3 rings (SSSR count). The van der Waals surface area contributed by atoms with Gasteiger partial charge in [0.05, 0.1) is 24.4 Å². The van der Waals surface area contributed by atoms with Crippen LogP contribution in [0.4, 0.5) is 0 Å². The number of hydrogen-bond acceptors (Lipinski definition) is 8. The Hall–Kier alpha value is -3.18. The summed E-state index contributed by atoms with van der Waals surface area (Å²) in [5.74, 6) is -0.907. The molecular formula is C24H29N3O7. The second kappa shape index (κ2) is 11.8. The maximum absolute atomic E-state index is 12.5. The second-order valence-corrected chi connectivity index (χ2v) is 8.28. The first-order valence-corrected chi connectivity index (χ1v) is 11.0. The highest BCUT2D eigenvalue weighted by atomic mass is 16.5. The molecule has 10 nitrogen and oxygen atoms in total. The van der Waals surface area contributed by atoms with Crippen molar-refractivity contribution in [1.29, 1.82) is 0 Å². The third kappa shape index (κ3) is 6.45. The van der Waals surface area contributed by atoms with E-state index in [4.69, 9.17) is 4.74 Å². The number of nitroso groups, excluding NO2 is 1. The zero-order valence-electron chi connectivity index (χ0n) is 18.7. The van der Waals surface area contributed by atoms with Gasteiger partial charge in [-0.1, -0.05) is 47.6 Å². The van der Waals surface area contributed by atoms with Gasteiger partial charge in [0.1, 0.15) is 18.8 Å². The van der Waals surface area contributed by atoms with E-state index in [9.17, 15) is 29.8 Å². The van der Waals surface area contributed by atoms with Gasteiger partial charge in [-0.3, -0.25) is 9.59 Å². The Kier molecular flexibility index (Phi) is 8.83. The summed E-state index contributed by atoms with van der Waals surface area (Å²) in [6, 6.07) is 15.6. The van der Waals surface area contributed by atoms with E-state index in [1.165, 1.54) is 6.92 Å². The van der Waals surface area contributed by atoms with Crippen LogP contribution >= 0.6 is 0 Å². The fourth-order valence-electron chi connectivity index (χ4n) is 3.99. The van der Waals surface area contributed by atoms with Crippen LogP contribution in [0.5, 0.6) is 0 Å². The minimum absolute atomic E-state index is 0.0334.